The molecule has 0 amide bonds. The van der Waals surface area contributed by atoms with Crippen LogP contribution in [0, 0.1) is 0 Å². The topological polar surface area (TPSA) is 29.5 Å². The molecule has 1 aliphatic heterocycles. The second-order valence-corrected chi connectivity index (χ2v) is 5.03. The molecule has 1 N–H and O–H groups in total. The van der Waals surface area contributed by atoms with Gasteiger partial charge in [0.25, 0.3) is 0 Å². The Labute approximate surface area is 100 Å². The molecule has 0 spiro atoms. The van der Waals surface area contributed by atoms with Crippen molar-refractivity contribution in [2.24, 2.45) is 0 Å². The molecule has 0 aromatic carbocycles. The minimum absolute atomic E-state index is 0.307. The van der Waals surface area contributed by atoms with Crippen LogP contribution >= 0.6 is 0 Å². The van der Waals surface area contributed by atoms with Crippen molar-refractivity contribution in [2.45, 2.75) is 83.3 Å². The Morgan fingerprint density at radius 2 is 1.69 bits per heavy atom. The third-order valence-electron chi connectivity index (χ3n) is 3.50. The molecule has 1 aliphatic rings. The predicted molar refractivity (Wildman–Crippen MR) is 67.6 cm³/mol. The number of aliphatic hydroxyl groups excluding tert-OH is 1. The lowest BCUT2D eigenvalue weighted by Crippen LogP contribution is -2.27. The average Bonchev–Trinajstić information content (AvgIpc) is 2.33. The van der Waals surface area contributed by atoms with Gasteiger partial charge in [0.15, 0.2) is 0 Å². The van der Waals surface area contributed by atoms with E-state index in [0.717, 1.165) is 12.8 Å². The van der Waals surface area contributed by atoms with E-state index >= 15 is 0 Å². The van der Waals surface area contributed by atoms with Gasteiger partial charge in [0.1, 0.15) is 0 Å². The second kappa shape index (κ2) is 9.00. The van der Waals surface area contributed by atoms with Crippen molar-refractivity contribution >= 4 is 0 Å². The van der Waals surface area contributed by atoms with Crippen LogP contribution in [0.5, 0.6) is 0 Å². The van der Waals surface area contributed by atoms with Gasteiger partial charge < -0.3 is 9.84 Å². The Balaban J connectivity index is 2.07. The van der Waals surface area contributed by atoms with Crippen LogP contribution < -0.4 is 0 Å². The van der Waals surface area contributed by atoms with Crippen LogP contribution in [0.3, 0.4) is 0 Å². The summed E-state index contributed by atoms with van der Waals surface area (Å²) in [5.74, 6) is 0. The molecule has 0 saturated carbocycles. The van der Waals surface area contributed by atoms with Crippen LogP contribution in [0.2, 0.25) is 0 Å². The number of hydrogen-bond donors (Lipinski definition) is 1. The molecule has 0 radical (unpaired) electrons. The van der Waals surface area contributed by atoms with Gasteiger partial charge in [-0.2, -0.15) is 0 Å². The Hall–Kier alpha value is -0.0800. The van der Waals surface area contributed by atoms with Crippen molar-refractivity contribution in [1.29, 1.82) is 0 Å². The van der Waals surface area contributed by atoms with Crippen molar-refractivity contribution in [3.63, 3.8) is 0 Å². The first-order valence-corrected chi connectivity index (χ1v) is 7.13. The Kier molecular flexibility index (Phi) is 7.87. The first-order valence-electron chi connectivity index (χ1n) is 7.13. The number of ether oxygens (including phenoxy) is 1. The van der Waals surface area contributed by atoms with Crippen LogP contribution in [0.1, 0.15) is 71.1 Å². The van der Waals surface area contributed by atoms with E-state index in [1.807, 2.05) is 0 Å². The smallest absolute Gasteiger partial charge is 0.0579 e. The van der Waals surface area contributed by atoms with Gasteiger partial charge in [-0.1, -0.05) is 32.6 Å². The summed E-state index contributed by atoms with van der Waals surface area (Å²) in [6.45, 7) is 2.56. The Morgan fingerprint density at radius 3 is 2.31 bits per heavy atom. The summed E-state index contributed by atoms with van der Waals surface area (Å²) in [7, 11) is 0. The summed E-state index contributed by atoms with van der Waals surface area (Å²) in [6, 6.07) is 0. The van der Waals surface area contributed by atoms with Crippen LogP contribution in [0.25, 0.3) is 0 Å². The van der Waals surface area contributed by atoms with E-state index in [4.69, 9.17) is 9.84 Å². The lowest BCUT2D eigenvalue weighted by molar-refractivity contribution is -0.0589. The maximum atomic E-state index is 8.81. The maximum absolute atomic E-state index is 8.81. The van der Waals surface area contributed by atoms with Gasteiger partial charge in [-0.3, -0.25) is 0 Å². The molecule has 0 aromatic rings. The summed E-state index contributed by atoms with van der Waals surface area (Å²) in [5.41, 5.74) is 0. The van der Waals surface area contributed by atoms with Gasteiger partial charge in [-0.05, 0) is 38.5 Å². The zero-order valence-electron chi connectivity index (χ0n) is 10.8. The van der Waals surface area contributed by atoms with Gasteiger partial charge in [-0.15, -0.1) is 0 Å². The number of hydrogen-bond acceptors (Lipinski definition) is 2. The van der Waals surface area contributed by atoms with E-state index in [0.29, 0.717) is 18.8 Å². The number of rotatable bonds is 8. The van der Waals surface area contributed by atoms with E-state index in [-0.39, 0.29) is 0 Å². The van der Waals surface area contributed by atoms with Crippen molar-refractivity contribution in [3.05, 3.63) is 0 Å². The van der Waals surface area contributed by atoms with Crippen molar-refractivity contribution in [3.8, 4) is 0 Å². The Bertz CT molecular complexity index is 159. The van der Waals surface area contributed by atoms with E-state index < -0.39 is 0 Å². The third-order valence-corrected chi connectivity index (χ3v) is 3.50. The highest BCUT2D eigenvalue weighted by atomic mass is 16.5. The average molecular weight is 228 g/mol. The quantitative estimate of drug-likeness (QED) is 0.642. The van der Waals surface area contributed by atoms with E-state index in [2.05, 4.69) is 6.92 Å². The second-order valence-electron chi connectivity index (χ2n) is 5.03. The highest BCUT2D eigenvalue weighted by molar-refractivity contribution is 4.71. The van der Waals surface area contributed by atoms with Gasteiger partial charge in [0, 0.05) is 6.61 Å². The monoisotopic (exact) mass is 228 g/mol. The largest absolute Gasteiger partial charge is 0.396 e. The van der Waals surface area contributed by atoms with E-state index in [1.54, 1.807) is 0 Å². The van der Waals surface area contributed by atoms with E-state index in [1.165, 1.54) is 51.4 Å². The van der Waals surface area contributed by atoms with Crippen molar-refractivity contribution in [1.82, 2.24) is 0 Å². The van der Waals surface area contributed by atoms with E-state index in [9.17, 15) is 0 Å². The standard InChI is InChI=1S/C14H28O2/c1-2-3-4-5-8-13-9-6-10-14(16-13)11-7-12-15/h13-15H,2-12H2,1H3/t13-,14-/m0/s1. The number of unbranched alkanes of at least 4 members (excludes halogenated alkanes) is 3. The fourth-order valence-electron chi connectivity index (χ4n) is 2.52. The fourth-order valence-corrected chi connectivity index (χ4v) is 2.52. The first-order chi connectivity index (χ1) is 7.86. The molecular formula is C14H28O2. The minimum atomic E-state index is 0.307. The molecular weight excluding hydrogens is 200 g/mol. The summed E-state index contributed by atoms with van der Waals surface area (Å²) in [6.07, 6.45) is 13.2. The van der Waals surface area contributed by atoms with Gasteiger partial charge in [-0.25, -0.2) is 0 Å². The zero-order valence-corrected chi connectivity index (χ0v) is 10.8. The van der Waals surface area contributed by atoms with Gasteiger partial charge in [0.05, 0.1) is 12.2 Å². The predicted octanol–water partition coefficient (Wildman–Crippen LogP) is 3.67. The molecule has 1 heterocycles. The molecule has 0 aromatic heterocycles. The first kappa shape index (κ1) is 14.0. The highest BCUT2D eigenvalue weighted by Crippen LogP contribution is 2.25. The molecule has 1 saturated heterocycles. The van der Waals surface area contributed by atoms with Gasteiger partial charge >= 0.3 is 0 Å². The van der Waals surface area contributed by atoms with Gasteiger partial charge in [0.2, 0.25) is 0 Å². The molecule has 0 bridgehead atoms. The molecule has 96 valence electrons. The summed E-state index contributed by atoms with van der Waals surface area (Å²) >= 11 is 0. The SMILES string of the molecule is CCCCCC[C@H]1CCC[C@@H](CCCO)O1. The normalized spacial score (nSPS) is 25.9. The molecule has 2 nitrogen and oxygen atoms in total. The van der Waals surface area contributed by atoms with Crippen LogP contribution in [0.15, 0.2) is 0 Å². The molecule has 2 atom stereocenters. The summed E-state index contributed by atoms with van der Waals surface area (Å²) in [5, 5.41) is 8.81. The summed E-state index contributed by atoms with van der Waals surface area (Å²) in [4.78, 5) is 0. The van der Waals surface area contributed by atoms with Crippen LogP contribution in [-0.2, 0) is 4.74 Å². The lowest BCUT2D eigenvalue weighted by atomic mass is 9.97. The zero-order chi connectivity index (χ0) is 11.6. The minimum Gasteiger partial charge on any atom is -0.396 e. The molecule has 1 fully saturated rings. The third kappa shape index (κ3) is 5.86. The fraction of sp³-hybridized carbons (Fsp3) is 1.00. The Morgan fingerprint density at radius 1 is 1.00 bits per heavy atom. The van der Waals surface area contributed by atoms with Crippen LogP contribution in [-0.4, -0.2) is 23.9 Å². The molecule has 16 heavy (non-hydrogen) atoms. The molecule has 0 aliphatic carbocycles. The highest BCUT2D eigenvalue weighted by Gasteiger charge is 2.21. The van der Waals surface area contributed by atoms with Crippen LogP contribution in [0.4, 0.5) is 0 Å². The summed E-state index contributed by atoms with van der Waals surface area (Å²) < 4.78 is 6.06. The van der Waals surface area contributed by atoms with Crippen molar-refractivity contribution < 1.29 is 9.84 Å². The number of aliphatic hydroxyl groups is 1. The molecule has 0 unspecified atom stereocenters. The molecule has 1 rings (SSSR count). The molecule has 2 heteroatoms. The van der Waals surface area contributed by atoms with Crippen molar-refractivity contribution in [2.75, 3.05) is 6.61 Å². The maximum Gasteiger partial charge on any atom is 0.0579 e. The lowest BCUT2D eigenvalue weighted by Gasteiger charge is -2.30.